The fourth-order valence-corrected chi connectivity index (χ4v) is 1.63. The van der Waals surface area contributed by atoms with Crippen LogP contribution in [0.4, 0.5) is 0 Å². The van der Waals surface area contributed by atoms with E-state index in [-0.39, 0.29) is 25.5 Å². The first kappa shape index (κ1) is 16.6. The van der Waals surface area contributed by atoms with Crippen molar-refractivity contribution in [2.75, 3.05) is 5.75 Å². The summed E-state index contributed by atoms with van der Waals surface area (Å²) in [5.74, 6) is -1.11. The molecule has 0 saturated heterocycles. The lowest BCUT2D eigenvalue weighted by Gasteiger charge is -2.13. The van der Waals surface area contributed by atoms with Gasteiger partial charge in [0.05, 0.1) is 10.1 Å². The lowest BCUT2D eigenvalue weighted by Crippen LogP contribution is -2.36. The maximum absolute atomic E-state index is 10.7. The second-order valence-corrected chi connectivity index (χ2v) is 4.87. The Morgan fingerprint density at radius 2 is 1.69 bits per heavy atom. The molecule has 1 unspecified atom stereocenters. The normalized spacial score (nSPS) is 13.9. The Morgan fingerprint density at radius 1 is 1.19 bits per heavy atom. The molecule has 0 aliphatic carbocycles. The number of hydrogen-bond acceptors (Lipinski definition) is 3. The van der Waals surface area contributed by atoms with Crippen molar-refractivity contribution < 1.29 is 9.90 Å². The van der Waals surface area contributed by atoms with E-state index in [0.29, 0.717) is 0 Å². The van der Waals surface area contributed by atoms with Gasteiger partial charge in [-0.2, -0.15) is 12.6 Å². The molecule has 0 saturated carbocycles. The molecule has 9 heteroatoms. The number of carbonyl (C=O) groups is 1. The number of thiol groups is 1. The van der Waals surface area contributed by atoms with E-state index in [4.69, 9.17) is 63.1 Å². The van der Waals surface area contributed by atoms with Gasteiger partial charge in [0.25, 0.3) is 0 Å². The smallest absolute Gasteiger partial charge is 0.327 e. The Kier molecular flexibility index (Phi) is 8.06. The molecule has 0 aromatic heterocycles. The Bertz CT molecular complexity index is 340. The van der Waals surface area contributed by atoms with Crippen molar-refractivity contribution in [1.82, 2.24) is 5.32 Å². The van der Waals surface area contributed by atoms with Gasteiger partial charge in [-0.05, 0) is 0 Å². The number of carboxylic acid groups (broad SMARTS) is 1. The van der Waals surface area contributed by atoms with Crippen molar-refractivity contribution in [1.29, 1.82) is 0 Å². The van der Waals surface area contributed by atoms with E-state index < -0.39 is 12.0 Å². The topological polar surface area (TPSA) is 49.3 Å². The van der Waals surface area contributed by atoms with Gasteiger partial charge in [0.2, 0.25) is 0 Å². The highest BCUT2D eigenvalue weighted by atomic mass is 35.5. The van der Waals surface area contributed by atoms with Gasteiger partial charge in [-0.15, -0.1) is 0 Å². The van der Waals surface area contributed by atoms with Gasteiger partial charge in [0.1, 0.15) is 15.7 Å². The summed E-state index contributed by atoms with van der Waals surface area (Å²) in [7, 11) is 0. The van der Waals surface area contributed by atoms with Crippen LogP contribution in [-0.2, 0) is 4.79 Å². The monoisotopic (exact) mass is 343 g/mol. The SMILES string of the molecule is O=C(O)C(CS)N/C(Cl)=C(\Cl)C(Cl)=C(Cl)Cl. The Morgan fingerprint density at radius 3 is 2.00 bits per heavy atom. The Labute approximate surface area is 123 Å². The quantitative estimate of drug-likeness (QED) is 0.406. The zero-order valence-corrected chi connectivity index (χ0v) is 12.2. The molecule has 0 amide bonds. The Hall–Kier alpha value is 0.550. The maximum Gasteiger partial charge on any atom is 0.327 e. The molecule has 0 fully saturated rings. The average molecular weight is 345 g/mol. The van der Waals surface area contributed by atoms with Crippen LogP contribution in [0, 0.1) is 0 Å². The predicted molar refractivity (Wildman–Crippen MR) is 71.7 cm³/mol. The molecule has 0 bridgehead atoms. The van der Waals surface area contributed by atoms with Gasteiger partial charge in [0.15, 0.2) is 0 Å². The van der Waals surface area contributed by atoms with Gasteiger partial charge in [0, 0.05) is 5.75 Å². The van der Waals surface area contributed by atoms with Crippen LogP contribution in [0.15, 0.2) is 19.7 Å². The molecule has 3 nitrogen and oxygen atoms in total. The third kappa shape index (κ3) is 5.25. The lowest BCUT2D eigenvalue weighted by molar-refractivity contribution is -0.138. The molecule has 2 N–H and O–H groups in total. The standard InChI is InChI=1S/C7H6Cl5NO2S/c8-3(5(10)11)4(9)6(12)13-2(1-16)7(14)15/h2,13,16H,1H2,(H,14,15)/b6-4-. The summed E-state index contributed by atoms with van der Waals surface area (Å²) >= 11 is 31.6. The fourth-order valence-electron chi connectivity index (χ4n) is 0.581. The summed E-state index contributed by atoms with van der Waals surface area (Å²) in [5.41, 5.74) is 0. The molecule has 0 aromatic carbocycles. The van der Waals surface area contributed by atoms with Crippen LogP contribution >= 0.6 is 70.6 Å². The fraction of sp³-hybridized carbons (Fsp3) is 0.286. The van der Waals surface area contributed by atoms with Gasteiger partial charge in [-0.25, -0.2) is 4.79 Å². The van der Waals surface area contributed by atoms with E-state index in [1.165, 1.54) is 0 Å². The molecule has 0 spiro atoms. The zero-order chi connectivity index (χ0) is 12.9. The first-order chi connectivity index (χ1) is 7.31. The van der Waals surface area contributed by atoms with Gasteiger partial charge in [-0.3, -0.25) is 0 Å². The minimum atomic E-state index is -1.13. The van der Waals surface area contributed by atoms with Crippen molar-refractivity contribution in [2.24, 2.45) is 0 Å². The molecule has 0 aliphatic rings. The minimum absolute atomic E-state index is 0.0195. The second-order valence-electron chi connectivity index (χ2n) is 2.42. The van der Waals surface area contributed by atoms with Crippen LogP contribution in [0.1, 0.15) is 0 Å². The zero-order valence-electron chi connectivity index (χ0n) is 7.48. The minimum Gasteiger partial charge on any atom is -0.480 e. The van der Waals surface area contributed by atoms with Crippen molar-refractivity contribution in [3.05, 3.63) is 19.7 Å². The van der Waals surface area contributed by atoms with Crippen molar-refractivity contribution in [3.8, 4) is 0 Å². The molecule has 0 rings (SSSR count). The summed E-state index contributed by atoms with van der Waals surface area (Å²) in [6.45, 7) is 0. The van der Waals surface area contributed by atoms with Crippen LogP contribution in [-0.4, -0.2) is 22.9 Å². The third-order valence-electron chi connectivity index (χ3n) is 1.33. The van der Waals surface area contributed by atoms with E-state index in [0.717, 1.165) is 0 Å². The van der Waals surface area contributed by atoms with Gasteiger partial charge >= 0.3 is 5.97 Å². The molecule has 1 atom stereocenters. The molecule has 0 radical (unpaired) electrons. The lowest BCUT2D eigenvalue weighted by atomic mass is 10.3. The van der Waals surface area contributed by atoms with E-state index in [2.05, 4.69) is 17.9 Å². The summed E-state index contributed by atoms with van der Waals surface area (Å²) in [5, 5.41) is 10.6. The second kappa shape index (κ2) is 7.80. The average Bonchev–Trinajstić information content (AvgIpc) is 2.22. The molecule has 92 valence electrons. The first-order valence-electron chi connectivity index (χ1n) is 3.67. The van der Waals surface area contributed by atoms with Gasteiger partial charge < -0.3 is 10.4 Å². The highest BCUT2D eigenvalue weighted by Crippen LogP contribution is 2.30. The Balaban J connectivity index is 4.92. The van der Waals surface area contributed by atoms with Crippen LogP contribution in [0.25, 0.3) is 0 Å². The van der Waals surface area contributed by atoms with E-state index >= 15 is 0 Å². The highest BCUT2D eigenvalue weighted by molar-refractivity contribution is 7.80. The van der Waals surface area contributed by atoms with Crippen LogP contribution < -0.4 is 5.32 Å². The maximum atomic E-state index is 10.7. The highest BCUT2D eigenvalue weighted by Gasteiger charge is 2.18. The number of nitrogens with one attached hydrogen (secondary N) is 1. The molecular formula is C7H6Cl5NO2S. The van der Waals surface area contributed by atoms with Crippen LogP contribution in [0.5, 0.6) is 0 Å². The largest absolute Gasteiger partial charge is 0.480 e. The van der Waals surface area contributed by atoms with Crippen LogP contribution in [0.2, 0.25) is 0 Å². The molecular weight excluding hydrogens is 339 g/mol. The van der Waals surface area contributed by atoms with Crippen LogP contribution in [0.3, 0.4) is 0 Å². The number of hydrogen-bond donors (Lipinski definition) is 3. The number of halogens is 5. The summed E-state index contributed by atoms with van der Waals surface area (Å²) < 4.78 is -0.274. The summed E-state index contributed by atoms with van der Waals surface area (Å²) in [6, 6.07) is -0.997. The molecule has 0 aliphatic heterocycles. The van der Waals surface area contributed by atoms with E-state index in [1.807, 2.05) is 0 Å². The van der Waals surface area contributed by atoms with Gasteiger partial charge in [-0.1, -0.05) is 58.0 Å². The van der Waals surface area contributed by atoms with E-state index in [1.54, 1.807) is 0 Å². The molecule has 0 heterocycles. The van der Waals surface area contributed by atoms with E-state index in [9.17, 15) is 4.79 Å². The number of allylic oxidation sites excluding steroid dienone is 2. The summed E-state index contributed by atoms with van der Waals surface area (Å²) in [6.07, 6.45) is 0. The van der Waals surface area contributed by atoms with Crippen molar-refractivity contribution in [2.45, 2.75) is 6.04 Å². The van der Waals surface area contributed by atoms with Crippen molar-refractivity contribution in [3.63, 3.8) is 0 Å². The third-order valence-corrected chi connectivity index (χ3v) is 3.52. The number of rotatable bonds is 5. The first-order valence-corrected chi connectivity index (χ1v) is 6.20. The predicted octanol–water partition coefficient (Wildman–Crippen LogP) is 3.49. The summed E-state index contributed by atoms with van der Waals surface area (Å²) in [4.78, 5) is 10.7. The van der Waals surface area contributed by atoms with Crippen molar-refractivity contribution >= 4 is 76.6 Å². The number of carboxylic acids is 1. The number of aliphatic carboxylic acids is 1. The molecule has 16 heavy (non-hydrogen) atoms. The molecule has 0 aromatic rings.